The Balaban J connectivity index is 2.67. The van der Waals surface area contributed by atoms with Crippen molar-refractivity contribution in [3.63, 3.8) is 0 Å². The van der Waals surface area contributed by atoms with Crippen molar-refractivity contribution in [1.29, 1.82) is 0 Å². The van der Waals surface area contributed by atoms with Crippen LogP contribution >= 0.6 is 0 Å². The highest BCUT2D eigenvalue weighted by Gasteiger charge is 2.48. The highest BCUT2D eigenvalue weighted by Crippen LogP contribution is 2.31. The SMILES string of the molecule is CCCOCCC1(C(=O)OCC)COCCC1=O. The van der Waals surface area contributed by atoms with E-state index in [1.54, 1.807) is 6.92 Å². The van der Waals surface area contributed by atoms with Gasteiger partial charge in [0, 0.05) is 19.6 Å². The maximum atomic E-state index is 12.1. The van der Waals surface area contributed by atoms with Crippen molar-refractivity contribution in [2.45, 2.75) is 33.1 Å². The summed E-state index contributed by atoms with van der Waals surface area (Å²) in [6.07, 6.45) is 1.52. The van der Waals surface area contributed by atoms with Gasteiger partial charge in [-0.3, -0.25) is 9.59 Å². The zero-order valence-corrected chi connectivity index (χ0v) is 11.2. The summed E-state index contributed by atoms with van der Waals surface area (Å²) < 4.78 is 15.7. The monoisotopic (exact) mass is 258 g/mol. The van der Waals surface area contributed by atoms with Crippen molar-refractivity contribution in [3.8, 4) is 0 Å². The number of hydrogen-bond acceptors (Lipinski definition) is 5. The van der Waals surface area contributed by atoms with Gasteiger partial charge in [0.15, 0.2) is 11.2 Å². The molecule has 104 valence electrons. The molecule has 1 aliphatic rings. The van der Waals surface area contributed by atoms with Crippen LogP contribution in [0.25, 0.3) is 0 Å². The first-order chi connectivity index (χ1) is 8.67. The van der Waals surface area contributed by atoms with Crippen molar-refractivity contribution in [1.82, 2.24) is 0 Å². The number of ether oxygens (including phenoxy) is 3. The van der Waals surface area contributed by atoms with Gasteiger partial charge < -0.3 is 14.2 Å². The van der Waals surface area contributed by atoms with Gasteiger partial charge in [0.25, 0.3) is 0 Å². The third-order valence-corrected chi connectivity index (χ3v) is 3.04. The number of carbonyl (C=O) groups excluding carboxylic acids is 2. The molecule has 0 aromatic heterocycles. The lowest BCUT2D eigenvalue weighted by atomic mass is 9.78. The van der Waals surface area contributed by atoms with Crippen LogP contribution in [0.5, 0.6) is 0 Å². The molecule has 1 rings (SSSR count). The summed E-state index contributed by atoms with van der Waals surface area (Å²) >= 11 is 0. The maximum Gasteiger partial charge on any atom is 0.322 e. The van der Waals surface area contributed by atoms with Crippen molar-refractivity contribution in [2.75, 3.05) is 33.0 Å². The minimum Gasteiger partial charge on any atom is -0.465 e. The molecule has 0 N–H and O–H groups in total. The highest BCUT2D eigenvalue weighted by molar-refractivity contribution is 6.04. The third-order valence-electron chi connectivity index (χ3n) is 3.04. The molecule has 5 nitrogen and oxygen atoms in total. The second kappa shape index (κ2) is 7.48. The molecule has 5 heteroatoms. The van der Waals surface area contributed by atoms with Crippen LogP contribution in [0.4, 0.5) is 0 Å². The van der Waals surface area contributed by atoms with Gasteiger partial charge in [0.05, 0.1) is 19.8 Å². The summed E-state index contributed by atoms with van der Waals surface area (Å²) in [6, 6.07) is 0. The second-order valence-electron chi connectivity index (χ2n) is 4.39. The Labute approximate surface area is 108 Å². The van der Waals surface area contributed by atoms with E-state index in [0.717, 1.165) is 6.42 Å². The van der Waals surface area contributed by atoms with E-state index in [2.05, 4.69) is 0 Å². The molecule has 0 amide bonds. The smallest absolute Gasteiger partial charge is 0.322 e. The molecule has 0 radical (unpaired) electrons. The van der Waals surface area contributed by atoms with E-state index in [9.17, 15) is 9.59 Å². The van der Waals surface area contributed by atoms with Gasteiger partial charge in [-0.05, 0) is 19.8 Å². The highest BCUT2D eigenvalue weighted by atomic mass is 16.5. The lowest BCUT2D eigenvalue weighted by Crippen LogP contribution is -2.48. The fourth-order valence-corrected chi connectivity index (χ4v) is 1.98. The summed E-state index contributed by atoms with van der Waals surface area (Å²) in [6.45, 7) is 5.51. The van der Waals surface area contributed by atoms with Gasteiger partial charge in [0.1, 0.15) is 0 Å². The molecule has 1 aliphatic heterocycles. The Morgan fingerprint density at radius 3 is 2.78 bits per heavy atom. The number of rotatable bonds is 7. The summed E-state index contributed by atoms with van der Waals surface area (Å²) in [5.74, 6) is -0.568. The predicted molar refractivity (Wildman–Crippen MR) is 65.2 cm³/mol. The first-order valence-electron chi connectivity index (χ1n) is 6.53. The molecule has 1 fully saturated rings. The van der Waals surface area contributed by atoms with E-state index in [1.807, 2.05) is 6.92 Å². The largest absolute Gasteiger partial charge is 0.465 e. The quantitative estimate of drug-likeness (QED) is 0.392. The fourth-order valence-electron chi connectivity index (χ4n) is 1.98. The standard InChI is InChI=1S/C13H22O5/c1-3-7-16-9-6-13(12(15)18-4-2)10-17-8-5-11(13)14/h3-10H2,1-2H3. The molecule has 0 bridgehead atoms. The molecule has 0 spiro atoms. The Kier molecular flexibility index (Phi) is 6.29. The van der Waals surface area contributed by atoms with Gasteiger partial charge in [-0.2, -0.15) is 0 Å². The maximum absolute atomic E-state index is 12.1. The number of ketones is 1. The van der Waals surface area contributed by atoms with Gasteiger partial charge in [0.2, 0.25) is 0 Å². The van der Waals surface area contributed by atoms with Gasteiger partial charge >= 0.3 is 5.97 Å². The van der Waals surface area contributed by atoms with Crippen molar-refractivity contribution in [2.24, 2.45) is 5.41 Å². The molecule has 1 atom stereocenters. The zero-order valence-electron chi connectivity index (χ0n) is 11.2. The summed E-state index contributed by atoms with van der Waals surface area (Å²) in [7, 11) is 0. The Bertz CT molecular complexity index is 289. The molecule has 0 aromatic carbocycles. The van der Waals surface area contributed by atoms with Crippen molar-refractivity contribution in [3.05, 3.63) is 0 Å². The average Bonchev–Trinajstić information content (AvgIpc) is 2.37. The molecule has 0 saturated carbocycles. The molecule has 1 saturated heterocycles. The van der Waals surface area contributed by atoms with E-state index in [1.165, 1.54) is 0 Å². The molecule has 0 aliphatic carbocycles. The van der Waals surface area contributed by atoms with E-state index < -0.39 is 11.4 Å². The minimum atomic E-state index is -1.15. The van der Waals surface area contributed by atoms with E-state index in [0.29, 0.717) is 26.2 Å². The Hall–Kier alpha value is -0.940. The van der Waals surface area contributed by atoms with Crippen LogP contribution in [0.15, 0.2) is 0 Å². The number of hydrogen-bond donors (Lipinski definition) is 0. The van der Waals surface area contributed by atoms with Gasteiger partial charge in [-0.1, -0.05) is 6.92 Å². The molecule has 18 heavy (non-hydrogen) atoms. The van der Waals surface area contributed by atoms with Crippen LogP contribution in [0.2, 0.25) is 0 Å². The van der Waals surface area contributed by atoms with Crippen molar-refractivity contribution >= 4 is 11.8 Å². The van der Waals surface area contributed by atoms with Crippen LogP contribution < -0.4 is 0 Å². The first kappa shape index (κ1) is 15.1. The normalized spacial score (nSPS) is 24.0. The summed E-state index contributed by atoms with van der Waals surface area (Å²) in [5, 5.41) is 0. The lowest BCUT2D eigenvalue weighted by Gasteiger charge is -2.32. The van der Waals surface area contributed by atoms with Crippen molar-refractivity contribution < 1.29 is 23.8 Å². The molecule has 1 unspecified atom stereocenters. The topological polar surface area (TPSA) is 61.8 Å². The van der Waals surface area contributed by atoms with Crippen LogP contribution in [0, 0.1) is 5.41 Å². The second-order valence-corrected chi connectivity index (χ2v) is 4.39. The van der Waals surface area contributed by atoms with E-state index >= 15 is 0 Å². The van der Waals surface area contributed by atoms with Crippen LogP contribution in [-0.2, 0) is 23.8 Å². The number of Topliss-reactive ketones (excluding diaryl/α,β-unsaturated/α-hetero) is 1. The number of esters is 1. The first-order valence-corrected chi connectivity index (χ1v) is 6.53. The van der Waals surface area contributed by atoms with E-state index in [-0.39, 0.29) is 25.4 Å². The fraction of sp³-hybridized carbons (Fsp3) is 0.846. The Morgan fingerprint density at radius 1 is 1.39 bits per heavy atom. The minimum absolute atomic E-state index is 0.0905. The predicted octanol–water partition coefficient (Wildman–Crippen LogP) is 1.34. The zero-order chi connectivity index (χ0) is 13.4. The van der Waals surface area contributed by atoms with E-state index in [4.69, 9.17) is 14.2 Å². The van der Waals surface area contributed by atoms with Crippen LogP contribution in [-0.4, -0.2) is 44.8 Å². The van der Waals surface area contributed by atoms with Gasteiger partial charge in [-0.25, -0.2) is 0 Å². The van der Waals surface area contributed by atoms with Gasteiger partial charge in [-0.15, -0.1) is 0 Å². The molecule has 1 heterocycles. The molecule has 0 aromatic rings. The van der Waals surface area contributed by atoms with Crippen LogP contribution in [0.3, 0.4) is 0 Å². The van der Waals surface area contributed by atoms with Crippen LogP contribution in [0.1, 0.15) is 33.1 Å². The summed E-state index contributed by atoms with van der Waals surface area (Å²) in [4.78, 5) is 24.1. The summed E-state index contributed by atoms with van der Waals surface area (Å²) in [5.41, 5.74) is -1.15. The number of carbonyl (C=O) groups is 2. The third kappa shape index (κ3) is 3.53. The lowest BCUT2D eigenvalue weighted by molar-refractivity contribution is -0.171. The molecular weight excluding hydrogens is 236 g/mol. The average molecular weight is 258 g/mol. The Morgan fingerprint density at radius 2 is 2.17 bits per heavy atom. The molecular formula is C13H22O5.